The molecule has 0 bridgehead atoms. The van der Waals surface area contributed by atoms with E-state index in [9.17, 15) is 4.79 Å². The standard InChI is InChI=1S/C11H11NO2/c1-12-7-6-8-9(11(13)14-2)4-3-5-10(8)12/h3-7H,1-2H3/i1D3. The molecule has 1 heterocycles. The number of aromatic nitrogens is 1. The summed E-state index contributed by atoms with van der Waals surface area (Å²) in [6.07, 6.45) is 1.45. The molecule has 0 aliphatic rings. The largest absolute Gasteiger partial charge is 0.465 e. The van der Waals surface area contributed by atoms with E-state index in [2.05, 4.69) is 4.74 Å². The topological polar surface area (TPSA) is 31.2 Å². The first-order valence-electron chi connectivity index (χ1n) is 5.64. The number of carbonyl (C=O) groups excluding carboxylic acids is 1. The maximum atomic E-state index is 11.5. The monoisotopic (exact) mass is 192 g/mol. The van der Waals surface area contributed by atoms with Crippen molar-refractivity contribution in [2.24, 2.45) is 6.98 Å². The van der Waals surface area contributed by atoms with Gasteiger partial charge in [-0.2, -0.15) is 0 Å². The van der Waals surface area contributed by atoms with Gasteiger partial charge in [0.2, 0.25) is 0 Å². The summed E-state index contributed by atoms with van der Waals surface area (Å²) in [6, 6.07) is 6.51. The Kier molecular flexibility index (Phi) is 1.33. The lowest BCUT2D eigenvalue weighted by atomic mass is 10.1. The van der Waals surface area contributed by atoms with Crippen molar-refractivity contribution >= 4 is 16.9 Å². The Bertz CT molecular complexity index is 572. The Hall–Kier alpha value is -1.77. The van der Waals surface area contributed by atoms with Gasteiger partial charge in [0.25, 0.3) is 0 Å². The highest BCUT2D eigenvalue weighted by Crippen LogP contribution is 2.19. The number of rotatable bonds is 1. The summed E-state index contributed by atoms with van der Waals surface area (Å²) in [5.74, 6) is -0.473. The average molecular weight is 192 g/mol. The number of methoxy groups -OCH3 is 1. The first-order valence-corrected chi connectivity index (χ1v) is 4.14. The summed E-state index contributed by atoms with van der Waals surface area (Å²) in [4.78, 5) is 11.5. The second-order valence-corrected chi connectivity index (χ2v) is 2.92. The van der Waals surface area contributed by atoms with Gasteiger partial charge in [0.15, 0.2) is 0 Å². The van der Waals surface area contributed by atoms with Crippen LogP contribution in [-0.4, -0.2) is 17.6 Å². The minimum absolute atomic E-state index is 0.369. The SMILES string of the molecule is [2H]C([2H])([2H])n1ccc2c(C(=O)OC)cccc21. The van der Waals surface area contributed by atoms with Gasteiger partial charge in [-0.1, -0.05) is 6.07 Å². The summed E-state index contributed by atoms with van der Waals surface area (Å²) < 4.78 is 27.9. The number of benzene rings is 1. The van der Waals surface area contributed by atoms with Crippen LogP contribution in [0.5, 0.6) is 0 Å². The van der Waals surface area contributed by atoms with Gasteiger partial charge in [0.05, 0.1) is 12.7 Å². The van der Waals surface area contributed by atoms with Crippen LogP contribution in [0.25, 0.3) is 10.9 Å². The minimum atomic E-state index is -2.25. The zero-order valence-corrected chi connectivity index (χ0v) is 7.65. The molecule has 72 valence electrons. The highest BCUT2D eigenvalue weighted by Gasteiger charge is 2.10. The zero-order valence-electron chi connectivity index (χ0n) is 10.7. The van der Waals surface area contributed by atoms with E-state index < -0.39 is 12.9 Å². The summed E-state index contributed by atoms with van der Waals surface area (Å²) in [5, 5.41) is 0.579. The fraction of sp³-hybridized carbons (Fsp3) is 0.182. The van der Waals surface area contributed by atoms with Gasteiger partial charge in [0.1, 0.15) is 0 Å². The fourth-order valence-electron chi connectivity index (χ4n) is 1.46. The Morgan fingerprint density at radius 3 is 3.07 bits per heavy atom. The van der Waals surface area contributed by atoms with Crippen molar-refractivity contribution in [2.45, 2.75) is 0 Å². The van der Waals surface area contributed by atoms with Crippen LogP contribution in [0.3, 0.4) is 0 Å². The van der Waals surface area contributed by atoms with Crippen LogP contribution >= 0.6 is 0 Å². The molecule has 1 aromatic carbocycles. The molecule has 0 unspecified atom stereocenters. The first-order chi connectivity index (χ1) is 7.95. The van der Waals surface area contributed by atoms with Crippen molar-refractivity contribution in [3.05, 3.63) is 36.0 Å². The van der Waals surface area contributed by atoms with E-state index in [-0.39, 0.29) is 0 Å². The van der Waals surface area contributed by atoms with Crippen LogP contribution in [0.1, 0.15) is 14.5 Å². The average Bonchev–Trinajstić information content (AvgIpc) is 2.70. The third-order valence-corrected chi connectivity index (χ3v) is 2.14. The van der Waals surface area contributed by atoms with Crippen LogP contribution < -0.4 is 0 Å². The molecule has 2 rings (SSSR count). The van der Waals surface area contributed by atoms with Crippen molar-refractivity contribution in [1.29, 1.82) is 0 Å². The van der Waals surface area contributed by atoms with Crippen molar-refractivity contribution in [1.82, 2.24) is 4.57 Å². The third kappa shape index (κ3) is 1.18. The molecule has 0 saturated carbocycles. The molecule has 14 heavy (non-hydrogen) atoms. The molecule has 0 N–H and O–H groups in total. The predicted molar refractivity (Wildman–Crippen MR) is 54.3 cm³/mol. The minimum Gasteiger partial charge on any atom is -0.465 e. The smallest absolute Gasteiger partial charge is 0.338 e. The molecule has 0 aliphatic carbocycles. The van der Waals surface area contributed by atoms with Gasteiger partial charge in [-0.15, -0.1) is 0 Å². The summed E-state index contributed by atoms with van der Waals surface area (Å²) >= 11 is 0. The molecule has 0 fully saturated rings. The first kappa shape index (κ1) is 5.86. The van der Waals surface area contributed by atoms with Gasteiger partial charge in [-0.3, -0.25) is 0 Å². The van der Waals surface area contributed by atoms with Crippen molar-refractivity contribution in [2.75, 3.05) is 7.11 Å². The molecule has 3 nitrogen and oxygen atoms in total. The second-order valence-electron chi connectivity index (χ2n) is 2.92. The number of hydrogen-bond donors (Lipinski definition) is 0. The molecule has 3 heteroatoms. The van der Waals surface area contributed by atoms with Crippen molar-refractivity contribution < 1.29 is 13.6 Å². The molecular weight excluding hydrogens is 178 g/mol. The number of ether oxygens (including phenoxy) is 1. The summed E-state index contributed by atoms with van der Waals surface area (Å²) in [5.41, 5.74) is 0.862. The van der Waals surface area contributed by atoms with Gasteiger partial charge in [-0.05, 0) is 18.2 Å². The van der Waals surface area contributed by atoms with Crippen LogP contribution in [-0.2, 0) is 11.7 Å². The predicted octanol–water partition coefficient (Wildman–Crippen LogP) is 1.96. The zero-order chi connectivity index (χ0) is 12.6. The summed E-state index contributed by atoms with van der Waals surface area (Å²) in [7, 11) is 1.29. The molecular formula is C11H11NO2. The van der Waals surface area contributed by atoms with Crippen LogP contribution in [0, 0.1) is 0 Å². The van der Waals surface area contributed by atoms with E-state index in [1.807, 2.05) is 0 Å². The van der Waals surface area contributed by atoms with E-state index in [1.54, 1.807) is 24.3 Å². The maximum Gasteiger partial charge on any atom is 0.338 e. The Labute approximate surface area is 86.1 Å². The normalized spacial score (nSPS) is 14.5. The Morgan fingerprint density at radius 2 is 2.36 bits per heavy atom. The molecule has 1 aromatic heterocycles. The van der Waals surface area contributed by atoms with Gasteiger partial charge in [0, 0.05) is 28.2 Å². The highest BCUT2D eigenvalue weighted by molar-refractivity contribution is 6.03. The van der Waals surface area contributed by atoms with E-state index in [1.165, 1.54) is 13.3 Å². The number of nitrogens with zero attached hydrogens (tertiary/aromatic N) is 1. The van der Waals surface area contributed by atoms with E-state index in [0.29, 0.717) is 16.5 Å². The van der Waals surface area contributed by atoms with E-state index >= 15 is 0 Å². The quantitative estimate of drug-likeness (QED) is 0.647. The summed E-state index contributed by atoms with van der Waals surface area (Å²) in [6.45, 7) is -2.25. The molecule has 0 amide bonds. The maximum absolute atomic E-state index is 11.5. The lowest BCUT2D eigenvalue weighted by Gasteiger charge is -2.01. The van der Waals surface area contributed by atoms with Crippen LogP contribution in [0.4, 0.5) is 0 Å². The molecule has 0 atom stereocenters. The number of fused-ring (bicyclic) bond motifs is 1. The number of hydrogen-bond acceptors (Lipinski definition) is 2. The van der Waals surface area contributed by atoms with E-state index in [4.69, 9.17) is 4.11 Å². The van der Waals surface area contributed by atoms with Crippen molar-refractivity contribution in [3.8, 4) is 0 Å². The Morgan fingerprint density at radius 1 is 1.50 bits per heavy atom. The van der Waals surface area contributed by atoms with Crippen molar-refractivity contribution in [3.63, 3.8) is 0 Å². The van der Waals surface area contributed by atoms with E-state index in [0.717, 1.165) is 4.57 Å². The molecule has 0 aliphatic heterocycles. The van der Waals surface area contributed by atoms with Gasteiger partial charge >= 0.3 is 5.97 Å². The third-order valence-electron chi connectivity index (χ3n) is 2.14. The lowest BCUT2D eigenvalue weighted by Crippen LogP contribution is -2.01. The highest BCUT2D eigenvalue weighted by atomic mass is 16.5. The van der Waals surface area contributed by atoms with Gasteiger partial charge < -0.3 is 9.30 Å². The van der Waals surface area contributed by atoms with Crippen LogP contribution in [0.15, 0.2) is 30.5 Å². The Balaban J connectivity index is 2.69. The van der Waals surface area contributed by atoms with Crippen LogP contribution in [0.2, 0.25) is 0 Å². The molecule has 0 saturated heterocycles. The molecule has 0 radical (unpaired) electrons. The number of carbonyl (C=O) groups is 1. The molecule has 2 aromatic rings. The lowest BCUT2D eigenvalue weighted by molar-refractivity contribution is 0.0603. The fourth-order valence-corrected chi connectivity index (χ4v) is 1.46. The number of aryl methyl sites for hydroxylation is 1. The number of esters is 1. The molecule has 0 spiro atoms. The van der Waals surface area contributed by atoms with Gasteiger partial charge in [-0.25, -0.2) is 4.79 Å². The second kappa shape index (κ2) is 3.18.